The third kappa shape index (κ3) is 2.40. The Hall–Kier alpha value is -1.95. The lowest BCUT2D eigenvalue weighted by Crippen LogP contribution is -2.10. The highest BCUT2D eigenvalue weighted by atomic mass is 35.5. The first-order valence-corrected chi connectivity index (χ1v) is 7.22. The highest BCUT2D eigenvalue weighted by molar-refractivity contribution is 6.20. The normalized spacial score (nSPS) is 13.0. The maximum Gasteiger partial charge on any atom is 0.159 e. The predicted octanol–water partition coefficient (Wildman–Crippen LogP) is 2.52. The number of hydrogen-bond acceptors (Lipinski definition) is 4. The summed E-state index contributed by atoms with van der Waals surface area (Å²) in [5.74, 6) is 0.824. The molecule has 0 aliphatic rings. The molecule has 0 aliphatic heterocycles. The number of rotatable bonds is 3. The van der Waals surface area contributed by atoms with Gasteiger partial charge in [0.15, 0.2) is 5.65 Å². The maximum atomic E-state index is 6.28. The van der Waals surface area contributed by atoms with Crippen LogP contribution in [-0.4, -0.2) is 29.3 Å². The largest absolute Gasteiger partial charge is 0.306 e. The Kier molecular flexibility index (Phi) is 3.41. The van der Waals surface area contributed by atoms with Gasteiger partial charge in [0.1, 0.15) is 11.3 Å². The van der Waals surface area contributed by atoms with Crippen molar-refractivity contribution in [2.45, 2.75) is 32.7 Å². The predicted molar refractivity (Wildman–Crippen MR) is 81.4 cm³/mol. The fourth-order valence-corrected chi connectivity index (χ4v) is 2.64. The third-order valence-corrected chi connectivity index (χ3v) is 3.63. The minimum Gasteiger partial charge on any atom is -0.306 e. The molecule has 3 aromatic rings. The van der Waals surface area contributed by atoms with E-state index >= 15 is 0 Å². The first-order valence-electron chi connectivity index (χ1n) is 6.78. The number of alkyl halides is 1. The van der Waals surface area contributed by atoms with E-state index in [1.165, 1.54) is 0 Å². The molecule has 0 bridgehead atoms. The Morgan fingerprint density at radius 1 is 1.24 bits per heavy atom. The molecule has 3 aromatic heterocycles. The fraction of sp³-hybridized carbons (Fsp3) is 0.429. The summed E-state index contributed by atoms with van der Waals surface area (Å²) < 4.78 is 3.90. The van der Waals surface area contributed by atoms with Gasteiger partial charge in [0, 0.05) is 13.2 Å². The van der Waals surface area contributed by atoms with Crippen molar-refractivity contribution in [2.75, 3.05) is 0 Å². The summed E-state index contributed by atoms with van der Waals surface area (Å²) in [4.78, 5) is 13.3. The zero-order valence-electron chi connectivity index (χ0n) is 12.5. The van der Waals surface area contributed by atoms with Crippen LogP contribution in [0.3, 0.4) is 0 Å². The first kappa shape index (κ1) is 14.0. The Labute approximate surface area is 127 Å². The molecule has 0 fully saturated rings. The van der Waals surface area contributed by atoms with Crippen LogP contribution in [0.2, 0.25) is 0 Å². The second-order valence-corrected chi connectivity index (χ2v) is 5.86. The van der Waals surface area contributed by atoms with E-state index in [0.717, 1.165) is 34.1 Å². The Bertz CT molecular complexity index is 784. The molecule has 1 atom stereocenters. The summed E-state index contributed by atoms with van der Waals surface area (Å²) >= 11 is 6.28. The molecule has 0 spiro atoms. The number of aryl methyl sites for hydroxylation is 3. The molecule has 0 saturated carbocycles. The molecule has 0 saturated heterocycles. The van der Waals surface area contributed by atoms with Crippen molar-refractivity contribution >= 4 is 22.8 Å². The van der Waals surface area contributed by atoms with E-state index in [9.17, 15) is 0 Å². The molecule has 1 unspecified atom stereocenters. The molecule has 110 valence electrons. The van der Waals surface area contributed by atoms with Gasteiger partial charge < -0.3 is 4.57 Å². The molecule has 3 rings (SSSR count). The lowest BCUT2D eigenvalue weighted by Gasteiger charge is -2.10. The SMILES string of the molecule is Cc1cnc(Cn2c(C(C)Cl)nc3c(C)nn(C)c32)cn1. The van der Waals surface area contributed by atoms with E-state index in [4.69, 9.17) is 11.6 Å². The molecular formula is C14H17ClN6. The van der Waals surface area contributed by atoms with Crippen LogP contribution < -0.4 is 0 Å². The van der Waals surface area contributed by atoms with Gasteiger partial charge in [-0.15, -0.1) is 11.6 Å². The number of nitrogens with zero attached hydrogens (tertiary/aromatic N) is 6. The molecule has 0 aliphatic carbocycles. The molecule has 21 heavy (non-hydrogen) atoms. The van der Waals surface area contributed by atoms with Gasteiger partial charge in [-0.25, -0.2) is 4.98 Å². The zero-order chi connectivity index (χ0) is 15.1. The van der Waals surface area contributed by atoms with Gasteiger partial charge in [0.05, 0.1) is 35.2 Å². The van der Waals surface area contributed by atoms with Gasteiger partial charge >= 0.3 is 0 Å². The van der Waals surface area contributed by atoms with Crippen LogP contribution in [0.5, 0.6) is 0 Å². The highest BCUT2D eigenvalue weighted by Crippen LogP contribution is 2.26. The third-order valence-electron chi connectivity index (χ3n) is 3.43. The van der Waals surface area contributed by atoms with E-state index in [1.54, 1.807) is 12.4 Å². The van der Waals surface area contributed by atoms with Gasteiger partial charge in [-0.05, 0) is 20.8 Å². The molecule has 3 heterocycles. The van der Waals surface area contributed by atoms with Crippen molar-refractivity contribution in [3.05, 3.63) is 35.3 Å². The summed E-state index contributed by atoms with van der Waals surface area (Å²) in [6.45, 7) is 6.37. The van der Waals surface area contributed by atoms with Crippen molar-refractivity contribution in [2.24, 2.45) is 7.05 Å². The smallest absolute Gasteiger partial charge is 0.159 e. The minimum absolute atomic E-state index is 0.185. The monoisotopic (exact) mass is 304 g/mol. The number of halogens is 1. The van der Waals surface area contributed by atoms with Gasteiger partial charge in [-0.1, -0.05) is 0 Å². The van der Waals surface area contributed by atoms with Crippen molar-refractivity contribution in [3.63, 3.8) is 0 Å². The Balaban J connectivity index is 2.14. The summed E-state index contributed by atoms with van der Waals surface area (Å²) in [6, 6.07) is 0. The van der Waals surface area contributed by atoms with Gasteiger partial charge in [0.2, 0.25) is 0 Å². The molecule has 0 amide bonds. The number of hydrogen-bond donors (Lipinski definition) is 0. The van der Waals surface area contributed by atoms with E-state index < -0.39 is 0 Å². The van der Waals surface area contributed by atoms with Gasteiger partial charge in [-0.3, -0.25) is 14.6 Å². The van der Waals surface area contributed by atoms with Crippen molar-refractivity contribution in [3.8, 4) is 0 Å². The average molecular weight is 305 g/mol. The summed E-state index contributed by atoms with van der Waals surface area (Å²) in [7, 11) is 1.91. The van der Waals surface area contributed by atoms with Crippen molar-refractivity contribution in [1.29, 1.82) is 0 Å². The Morgan fingerprint density at radius 3 is 2.62 bits per heavy atom. The van der Waals surface area contributed by atoms with Crippen molar-refractivity contribution < 1.29 is 0 Å². The molecule has 0 aromatic carbocycles. The first-order chi connectivity index (χ1) is 9.97. The van der Waals surface area contributed by atoms with Crippen LogP contribution >= 0.6 is 11.6 Å². The van der Waals surface area contributed by atoms with E-state index in [1.807, 2.05) is 32.5 Å². The summed E-state index contributed by atoms with van der Waals surface area (Å²) in [5, 5.41) is 4.24. The molecular weight excluding hydrogens is 288 g/mol. The second-order valence-electron chi connectivity index (χ2n) is 5.20. The van der Waals surface area contributed by atoms with E-state index in [0.29, 0.717) is 6.54 Å². The quantitative estimate of drug-likeness (QED) is 0.698. The van der Waals surface area contributed by atoms with E-state index in [-0.39, 0.29) is 5.38 Å². The van der Waals surface area contributed by atoms with Gasteiger partial charge in [-0.2, -0.15) is 5.10 Å². The molecule has 0 N–H and O–H groups in total. The standard InChI is InChI=1S/C14H17ClN6/c1-8-5-17-11(6-16-8)7-21-13(9(2)15)18-12-10(3)19-20(4)14(12)21/h5-6,9H,7H2,1-4H3. The average Bonchev–Trinajstić information content (AvgIpc) is 2.93. The van der Waals surface area contributed by atoms with Crippen LogP contribution in [-0.2, 0) is 13.6 Å². The number of aromatic nitrogens is 6. The van der Waals surface area contributed by atoms with Crippen LogP contribution in [0.1, 0.15) is 35.2 Å². The summed E-state index contributed by atoms with van der Waals surface area (Å²) in [5.41, 5.74) is 4.52. The fourth-order valence-electron chi connectivity index (χ4n) is 2.47. The lowest BCUT2D eigenvalue weighted by molar-refractivity contribution is 0.675. The maximum absolute atomic E-state index is 6.28. The Morgan fingerprint density at radius 2 is 2.00 bits per heavy atom. The molecule has 0 radical (unpaired) electrons. The zero-order valence-corrected chi connectivity index (χ0v) is 13.3. The highest BCUT2D eigenvalue weighted by Gasteiger charge is 2.20. The molecule has 7 heteroatoms. The lowest BCUT2D eigenvalue weighted by atomic mass is 10.3. The number of fused-ring (bicyclic) bond motifs is 1. The van der Waals surface area contributed by atoms with Crippen molar-refractivity contribution in [1.82, 2.24) is 29.3 Å². The topological polar surface area (TPSA) is 61.4 Å². The van der Waals surface area contributed by atoms with Crippen LogP contribution in [0, 0.1) is 13.8 Å². The van der Waals surface area contributed by atoms with Gasteiger partial charge in [0.25, 0.3) is 0 Å². The van der Waals surface area contributed by atoms with Crippen LogP contribution in [0.25, 0.3) is 11.2 Å². The number of imidazole rings is 1. The van der Waals surface area contributed by atoms with Crippen LogP contribution in [0.15, 0.2) is 12.4 Å². The second kappa shape index (κ2) is 5.11. The minimum atomic E-state index is -0.185. The van der Waals surface area contributed by atoms with E-state index in [2.05, 4.69) is 24.6 Å². The van der Waals surface area contributed by atoms with Crippen LogP contribution in [0.4, 0.5) is 0 Å². The summed E-state index contributed by atoms with van der Waals surface area (Å²) in [6.07, 6.45) is 3.55. The molecule has 6 nitrogen and oxygen atoms in total.